The Bertz CT molecular complexity index is 836. The zero-order chi connectivity index (χ0) is 17.9. The van der Waals surface area contributed by atoms with Crippen LogP contribution in [0, 0.1) is 0 Å². The van der Waals surface area contributed by atoms with Gasteiger partial charge in [-0.3, -0.25) is 4.98 Å². The maximum atomic E-state index is 13.2. The first-order chi connectivity index (χ1) is 11.9. The molecule has 2 heterocycles. The van der Waals surface area contributed by atoms with E-state index in [0.717, 1.165) is 11.6 Å². The van der Waals surface area contributed by atoms with Gasteiger partial charge < -0.3 is 5.32 Å². The average molecular weight is 344 g/mol. The third-order valence-electron chi connectivity index (χ3n) is 3.62. The summed E-state index contributed by atoms with van der Waals surface area (Å²) < 4.78 is 39.6. The number of hydrogen-bond acceptors (Lipinski definition) is 4. The lowest BCUT2D eigenvalue weighted by Crippen LogP contribution is -2.13. The standard InChI is InChI=1S/C18H15F3N4/c1-12(13-5-3-2-4-6-13)23-16-11-15(18(19,20)21)24-17(25-16)14-7-9-22-10-8-14/h2-12H,1H3,(H,23,24,25)/t12-/m1/s1. The van der Waals surface area contributed by atoms with E-state index in [1.807, 2.05) is 37.3 Å². The van der Waals surface area contributed by atoms with Gasteiger partial charge in [-0.1, -0.05) is 30.3 Å². The molecule has 128 valence electrons. The summed E-state index contributed by atoms with van der Waals surface area (Å²) in [6, 6.07) is 13.3. The minimum absolute atomic E-state index is 0.0000123. The van der Waals surface area contributed by atoms with Crippen molar-refractivity contribution in [3.63, 3.8) is 0 Å². The Morgan fingerprint density at radius 2 is 1.64 bits per heavy atom. The van der Waals surface area contributed by atoms with Crippen molar-refractivity contribution >= 4 is 5.82 Å². The first kappa shape index (κ1) is 16.9. The van der Waals surface area contributed by atoms with Gasteiger partial charge in [0.1, 0.15) is 5.82 Å². The van der Waals surface area contributed by atoms with E-state index in [1.54, 1.807) is 12.1 Å². The van der Waals surface area contributed by atoms with Crippen LogP contribution in [0.1, 0.15) is 24.2 Å². The van der Waals surface area contributed by atoms with E-state index >= 15 is 0 Å². The predicted octanol–water partition coefficient (Wildman–Crippen LogP) is 4.73. The minimum atomic E-state index is -4.56. The van der Waals surface area contributed by atoms with Gasteiger partial charge in [0.05, 0.1) is 0 Å². The maximum absolute atomic E-state index is 13.2. The molecule has 1 aromatic carbocycles. The van der Waals surface area contributed by atoms with Gasteiger partial charge >= 0.3 is 6.18 Å². The Morgan fingerprint density at radius 1 is 0.960 bits per heavy atom. The monoisotopic (exact) mass is 344 g/mol. The molecular formula is C18H15F3N4. The minimum Gasteiger partial charge on any atom is -0.363 e. The SMILES string of the molecule is C[C@@H](Nc1cc(C(F)(F)F)nc(-c2ccncc2)n1)c1ccccc1. The highest BCUT2D eigenvalue weighted by atomic mass is 19.4. The molecule has 7 heteroatoms. The van der Waals surface area contributed by atoms with Crippen LogP contribution in [-0.2, 0) is 6.18 Å². The molecule has 0 fully saturated rings. The molecule has 0 unspecified atom stereocenters. The molecular weight excluding hydrogens is 329 g/mol. The molecule has 4 nitrogen and oxygen atoms in total. The number of pyridine rings is 1. The van der Waals surface area contributed by atoms with Crippen LogP contribution in [-0.4, -0.2) is 15.0 Å². The fourth-order valence-corrected chi connectivity index (χ4v) is 2.34. The van der Waals surface area contributed by atoms with Crippen LogP contribution < -0.4 is 5.32 Å². The zero-order valence-corrected chi connectivity index (χ0v) is 13.3. The summed E-state index contributed by atoms with van der Waals surface area (Å²) in [4.78, 5) is 11.7. The molecule has 0 bridgehead atoms. The van der Waals surface area contributed by atoms with Gasteiger partial charge in [-0.05, 0) is 24.6 Å². The highest BCUT2D eigenvalue weighted by Crippen LogP contribution is 2.31. The summed E-state index contributed by atoms with van der Waals surface area (Å²) in [7, 11) is 0. The fraction of sp³-hybridized carbons (Fsp3) is 0.167. The summed E-state index contributed by atoms with van der Waals surface area (Å²) in [6.07, 6.45) is -1.59. The summed E-state index contributed by atoms with van der Waals surface area (Å²) in [5.41, 5.74) is 0.425. The van der Waals surface area contributed by atoms with Gasteiger partial charge in [-0.15, -0.1) is 0 Å². The van der Waals surface area contributed by atoms with Crippen molar-refractivity contribution in [1.29, 1.82) is 0 Å². The number of nitrogens with zero attached hydrogens (tertiary/aromatic N) is 3. The number of aromatic nitrogens is 3. The van der Waals surface area contributed by atoms with Crippen molar-refractivity contribution in [1.82, 2.24) is 15.0 Å². The lowest BCUT2D eigenvalue weighted by Gasteiger charge is -2.17. The molecule has 0 aliphatic carbocycles. The second-order valence-corrected chi connectivity index (χ2v) is 5.47. The Balaban J connectivity index is 1.98. The smallest absolute Gasteiger partial charge is 0.363 e. The third kappa shape index (κ3) is 4.12. The second-order valence-electron chi connectivity index (χ2n) is 5.47. The molecule has 0 radical (unpaired) electrons. The lowest BCUT2D eigenvalue weighted by atomic mass is 10.1. The Hall–Kier alpha value is -2.96. The first-order valence-electron chi connectivity index (χ1n) is 7.61. The molecule has 0 aliphatic rings. The van der Waals surface area contributed by atoms with Crippen LogP contribution in [0.5, 0.6) is 0 Å². The number of nitrogens with one attached hydrogen (secondary N) is 1. The van der Waals surface area contributed by atoms with Crippen molar-refractivity contribution < 1.29 is 13.2 Å². The molecule has 2 aromatic heterocycles. The molecule has 0 spiro atoms. The lowest BCUT2D eigenvalue weighted by molar-refractivity contribution is -0.141. The van der Waals surface area contributed by atoms with Gasteiger partial charge in [-0.25, -0.2) is 9.97 Å². The van der Waals surface area contributed by atoms with Crippen molar-refractivity contribution in [2.75, 3.05) is 5.32 Å². The second kappa shape index (κ2) is 6.88. The Labute approximate surface area is 142 Å². The van der Waals surface area contributed by atoms with E-state index in [2.05, 4.69) is 20.3 Å². The third-order valence-corrected chi connectivity index (χ3v) is 3.62. The van der Waals surface area contributed by atoms with Gasteiger partial charge in [0, 0.05) is 30.1 Å². The van der Waals surface area contributed by atoms with E-state index in [0.29, 0.717) is 5.56 Å². The Kier molecular flexibility index (Phi) is 4.65. The summed E-state index contributed by atoms with van der Waals surface area (Å²) in [5.74, 6) is 0.116. The topological polar surface area (TPSA) is 50.7 Å². The van der Waals surface area contributed by atoms with Crippen molar-refractivity contribution in [3.05, 3.63) is 72.2 Å². The molecule has 0 aliphatic heterocycles. The number of alkyl halides is 3. The van der Waals surface area contributed by atoms with E-state index in [9.17, 15) is 13.2 Å². The highest BCUT2D eigenvalue weighted by Gasteiger charge is 2.34. The number of hydrogen-bond donors (Lipinski definition) is 1. The normalized spacial score (nSPS) is 12.6. The van der Waals surface area contributed by atoms with E-state index in [4.69, 9.17) is 0 Å². The van der Waals surface area contributed by atoms with Crippen LogP contribution in [0.4, 0.5) is 19.0 Å². The molecule has 25 heavy (non-hydrogen) atoms. The van der Waals surface area contributed by atoms with E-state index in [1.165, 1.54) is 12.4 Å². The van der Waals surface area contributed by atoms with Crippen molar-refractivity contribution in [2.45, 2.75) is 19.1 Å². The van der Waals surface area contributed by atoms with Crippen LogP contribution in [0.3, 0.4) is 0 Å². The van der Waals surface area contributed by atoms with E-state index < -0.39 is 11.9 Å². The average Bonchev–Trinajstić information content (AvgIpc) is 2.62. The summed E-state index contributed by atoms with van der Waals surface area (Å²) in [6.45, 7) is 1.86. The zero-order valence-electron chi connectivity index (χ0n) is 13.3. The predicted molar refractivity (Wildman–Crippen MR) is 88.7 cm³/mol. The van der Waals surface area contributed by atoms with Gasteiger partial charge in [0.15, 0.2) is 11.5 Å². The first-order valence-corrected chi connectivity index (χ1v) is 7.61. The summed E-state index contributed by atoms with van der Waals surface area (Å²) >= 11 is 0. The summed E-state index contributed by atoms with van der Waals surface area (Å²) in [5, 5.41) is 3.01. The van der Waals surface area contributed by atoms with E-state index in [-0.39, 0.29) is 17.7 Å². The molecule has 3 aromatic rings. The quantitative estimate of drug-likeness (QED) is 0.743. The number of anilines is 1. The molecule has 3 rings (SSSR count). The fourth-order valence-electron chi connectivity index (χ4n) is 2.34. The maximum Gasteiger partial charge on any atom is 0.433 e. The Morgan fingerprint density at radius 3 is 2.28 bits per heavy atom. The van der Waals surface area contributed by atoms with Crippen molar-refractivity contribution in [2.24, 2.45) is 0 Å². The highest BCUT2D eigenvalue weighted by molar-refractivity contribution is 5.57. The molecule has 0 saturated heterocycles. The van der Waals surface area contributed by atoms with Crippen LogP contribution >= 0.6 is 0 Å². The van der Waals surface area contributed by atoms with Crippen LogP contribution in [0.2, 0.25) is 0 Å². The van der Waals surface area contributed by atoms with Gasteiger partial charge in [-0.2, -0.15) is 13.2 Å². The number of benzene rings is 1. The van der Waals surface area contributed by atoms with Gasteiger partial charge in [0.2, 0.25) is 0 Å². The van der Waals surface area contributed by atoms with Crippen LogP contribution in [0.25, 0.3) is 11.4 Å². The van der Waals surface area contributed by atoms with Crippen molar-refractivity contribution in [3.8, 4) is 11.4 Å². The number of rotatable bonds is 4. The number of halogens is 3. The molecule has 1 N–H and O–H groups in total. The molecule has 0 saturated carbocycles. The molecule has 0 amide bonds. The largest absolute Gasteiger partial charge is 0.433 e. The molecule has 1 atom stereocenters. The van der Waals surface area contributed by atoms with Gasteiger partial charge in [0.25, 0.3) is 0 Å². The van der Waals surface area contributed by atoms with Crippen LogP contribution in [0.15, 0.2) is 60.9 Å².